The van der Waals surface area contributed by atoms with Gasteiger partial charge in [-0.2, -0.15) is 13.2 Å². The van der Waals surface area contributed by atoms with Gasteiger partial charge in [0, 0.05) is 36.3 Å². The molecule has 0 fully saturated rings. The smallest absolute Gasteiger partial charge is 0.449 e. The van der Waals surface area contributed by atoms with Crippen molar-refractivity contribution in [1.82, 2.24) is 9.80 Å². The van der Waals surface area contributed by atoms with Crippen LogP contribution in [0.4, 0.5) is 13.2 Å². The molecule has 11 heteroatoms. The summed E-state index contributed by atoms with van der Waals surface area (Å²) in [4.78, 5) is 31.2. The van der Waals surface area contributed by atoms with Gasteiger partial charge in [-0.25, -0.2) is 9.79 Å². The molecule has 0 radical (unpaired) electrons. The van der Waals surface area contributed by atoms with E-state index in [1.54, 1.807) is 43.4 Å². The van der Waals surface area contributed by atoms with E-state index in [4.69, 9.17) is 16.3 Å². The quantitative estimate of drug-likeness (QED) is 0.300. The van der Waals surface area contributed by atoms with Crippen LogP contribution in [0.5, 0.6) is 11.5 Å². The normalized spacial score (nSPS) is 15.4. The van der Waals surface area contributed by atoms with Crippen molar-refractivity contribution < 1.29 is 32.6 Å². The Morgan fingerprint density at radius 3 is 2.29 bits per heavy atom. The summed E-state index contributed by atoms with van der Waals surface area (Å²) in [6, 6.07) is 20.4. The predicted molar refractivity (Wildman–Crippen MR) is 150 cm³/mol. The van der Waals surface area contributed by atoms with Gasteiger partial charge in [0.1, 0.15) is 11.5 Å². The van der Waals surface area contributed by atoms with Crippen LogP contribution in [-0.2, 0) is 4.79 Å². The van der Waals surface area contributed by atoms with Gasteiger partial charge in [0.25, 0.3) is 5.91 Å². The van der Waals surface area contributed by atoms with Crippen LogP contribution < -0.4 is 4.74 Å². The first-order valence-electron chi connectivity index (χ1n) is 12.7. The van der Waals surface area contributed by atoms with Crippen LogP contribution in [0.3, 0.4) is 0 Å². The SMILES string of the molecule is CC1C(C(=O)O)=C(c2cccc(Cl)c2)N=C(C(F)(F)F)N1CCCN(C)C(=O)c1ccc(Oc2ccccc2)cc1. The summed E-state index contributed by atoms with van der Waals surface area (Å²) >= 11 is 6.00. The largest absolute Gasteiger partial charge is 0.478 e. The average Bonchev–Trinajstić information content (AvgIpc) is 2.93. The number of carbonyl (C=O) groups excluding carboxylic acids is 1. The van der Waals surface area contributed by atoms with Gasteiger partial charge in [-0.15, -0.1) is 0 Å². The fourth-order valence-electron chi connectivity index (χ4n) is 4.52. The number of rotatable bonds is 9. The number of nitrogens with zero attached hydrogens (tertiary/aromatic N) is 3. The molecule has 0 aliphatic carbocycles. The Kier molecular flexibility index (Phi) is 9.02. The molecule has 1 heterocycles. The molecule has 0 saturated heterocycles. The van der Waals surface area contributed by atoms with E-state index in [9.17, 15) is 27.9 Å². The van der Waals surface area contributed by atoms with Crippen LogP contribution >= 0.6 is 11.6 Å². The first-order chi connectivity index (χ1) is 19.5. The lowest BCUT2D eigenvalue weighted by Crippen LogP contribution is -2.51. The summed E-state index contributed by atoms with van der Waals surface area (Å²) in [6.07, 6.45) is -4.70. The van der Waals surface area contributed by atoms with Gasteiger partial charge in [0.15, 0.2) is 0 Å². The number of ether oxygens (including phenoxy) is 1. The number of amides is 1. The molecule has 1 N–H and O–H groups in total. The van der Waals surface area contributed by atoms with Crippen molar-refractivity contribution in [1.29, 1.82) is 0 Å². The van der Waals surface area contributed by atoms with Gasteiger partial charge in [-0.1, -0.05) is 41.9 Å². The number of hydrogen-bond donors (Lipinski definition) is 1. The van der Waals surface area contributed by atoms with Gasteiger partial charge in [0.2, 0.25) is 5.84 Å². The van der Waals surface area contributed by atoms with E-state index in [-0.39, 0.29) is 47.3 Å². The number of alkyl halides is 3. The molecule has 0 saturated carbocycles. The van der Waals surface area contributed by atoms with E-state index < -0.39 is 24.0 Å². The third-order valence-electron chi connectivity index (χ3n) is 6.53. The zero-order chi connectivity index (χ0) is 29.7. The Labute approximate surface area is 240 Å². The number of carboxylic acid groups (broad SMARTS) is 1. The highest BCUT2D eigenvalue weighted by atomic mass is 35.5. The van der Waals surface area contributed by atoms with Gasteiger partial charge >= 0.3 is 12.1 Å². The van der Waals surface area contributed by atoms with Crippen LogP contribution in [0, 0.1) is 0 Å². The van der Waals surface area contributed by atoms with Crippen LogP contribution in [0.15, 0.2) is 89.4 Å². The third kappa shape index (κ3) is 7.07. The number of halogens is 4. The summed E-state index contributed by atoms with van der Waals surface area (Å²) < 4.78 is 48.1. The van der Waals surface area contributed by atoms with Gasteiger partial charge in [-0.3, -0.25) is 4.79 Å². The van der Waals surface area contributed by atoms with E-state index in [1.165, 1.54) is 36.1 Å². The van der Waals surface area contributed by atoms with Gasteiger partial charge in [-0.05, 0) is 61.9 Å². The number of amidine groups is 1. The van der Waals surface area contributed by atoms with Gasteiger partial charge in [0.05, 0.1) is 17.3 Å². The van der Waals surface area contributed by atoms with Crippen molar-refractivity contribution in [3.8, 4) is 11.5 Å². The first kappa shape index (κ1) is 29.7. The molecule has 1 unspecified atom stereocenters. The Balaban J connectivity index is 1.46. The first-order valence-corrected chi connectivity index (χ1v) is 13.1. The molecular formula is C30H27ClF3N3O4. The maximum absolute atomic E-state index is 14.1. The Hall–Kier alpha value is -4.31. The number of para-hydroxylation sites is 1. The highest BCUT2D eigenvalue weighted by Gasteiger charge is 2.46. The van der Waals surface area contributed by atoms with Crippen molar-refractivity contribution >= 4 is 35.0 Å². The molecule has 0 aromatic heterocycles. The third-order valence-corrected chi connectivity index (χ3v) is 6.77. The van der Waals surface area contributed by atoms with E-state index in [0.717, 1.165) is 4.90 Å². The zero-order valence-electron chi connectivity index (χ0n) is 22.2. The number of carbonyl (C=O) groups is 2. The standard InChI is InChI=1S/C30H27ClF3N3O4/c1-19-25(28(39)40)26(21-8-6-9-22(31)18-21)35-29(30(32,33)34)37(19)17-7-16-36(2)27(38)20-12-14-24(15-13-20)41-23-10-4-3-5-11-23/h3-6,8-15,18-19H,7,16-17H2,1-2H3,(H,39,40). The second-order valence-electron chi connectivity index (χ2n) is 9.40. The fraction of sp³-hybridized carbons (Fsp3) is 0.233. The summed E-state index contributed by atoms with van der Waals surface area (Å²) in [6.45, 7) is 1.34. The monoisotopic (exact) mass is 585 g/mol. The molecule has 1 amide bonds. The molecule has 4 rings (SSSR count). The minimum atomic E-state index is -4.84. The molecule has 0 spiro atoms. The molecule has 1 aliphatic heterocycles. The number of hydrogen-bond acceptors (Lipinski definition) is 5. The second kappa shape index (κ2) is 12.5. The molecule has 1 atom stereocenters. The molecule has 41 heavy (non-hydrogen) atoms. The van der Waals surface area contributed by atoms with E-state index in [1.807, 2.05) is 18.2 Å². The van der Waals surface area contributed by atoms with Crippen molar-refractivity contribution in [2.24, 2.45) is 4.99 Å². The van der Waals surface area contributed by atoms with E-state index >= 15 is 0 Å². The van der Waals surface area contributed by atoms with E-state index in [2.05, 4.69) is 4.99 Å². The summed E-state index contributed by atoms with van der Waals surface area (Å²) in [7, 11) is 1.55. The highest BCUT2D eigenvalue weighted by molar-refractivity contribution is 6.30. The van der Waals surface area contributed by atoms with Crippen molar-refractivity contribution in [3.05, 3.63) is 101 Å². The number of aliphatic carboxylic acids is 1. The summed E-state index contributed by atoms with van der Waals surface area (Å²) in [5, 5.41) is 10.1. The zero-order valence-corrected chi connectivity index (χ0v) is 23.0. The Morgan fingerprint density at radius 1 is 1.02 bits per heavy atom. The molecule has 3 aromatic rings. The lowest BCUT2D eigenvalue weighted by atomic mass is 9.97. The molecule has 7 nitrogen and oxygen atoms in total. The summed E-state index contributed by atoms with van der Waals surface area (Å²) in [5.74, 6) is -1.70. The van der Waals surface area contributed by atoms with Crippen molar-refractivity contribution in [3.63, 3.8) is 0 Å². The van der Waals surface area contributed by atoms with Crippen LogP contribution in [0.1, 0.15) is 29.3 Å². The van der Waals surface area contributed by atoms with Crippen LogP contribution in [0.25, 0.3) is 5.70 Å². The minimum absolute atomic E-state index is 0.128. The maximum Gasteiger partial charge on any atom is 0.449 e. The molecule has 214 valence electrons. The second-order valence-corrected chi connectivity index (χ2v) is 9.84. The molecule has 1 aliphatic rings. The van der Waals surface area contributed by atoms with Crippen molar-refractivity contribution in [2.75, 3.05) is 20.1 Å². The highest BCUT2D eigenvalue weighted by Crippen LogP contribution is 2.35. The predicted octanol–water partition coefficient (Wildman–Crippen LogP) is 6.76. The fourth-order valence-corrected chi connectivity index (χ4v) is 4.71. The maximum atomic E-state index is 14.1. The Morgan fingerprint density at radius 2 is 1.68 bits per heavy atom. The van der Waals surface area contributed by atoms with E-state index in [0.29, 0.717) is 17.1 Å². The number of carboxylic acids is 1. The summed E-state index contributed by atoms with van der Waals surface area (Å²) in [5.41, 5.74) is -0.00158. The number of aliphatic imine (C=N–C) groups is 1. The van der Waals surface area contributed by atoms with Gasteiger partial charge < -0.3 is 19.6 Å². The van der Waals surface area contributed by atoms with Crippen LogP contribution in [0.2, 0.25) is 5.02 Å². The number of benzene rings is 3. The molecular weight excluding hydrogens is 559 g/mol. The van der Waals surface area contributed by atoms with Crippen LogP contribution in [-0.4, -0.2) is 65.0 Å². The molecule has 3 aromatic carbocycles. The molecule has 0 bridgehead atoms. The average molecular weight is 586 g/mol. The lowest BCUT2D eigenvalue weighted by molar-refractivity contribution is -0.133. The Bertz CT molecular complexity index is 1470. The topological polar surface area (TPSA) is 82.4 Å². The minimum Gasteiger partial charge on any atom is -0.478 e. The van der Waals surface area contributed by atoms with Crippen molar-refractivity contribution in [2.45, 2.75) is 25.6 Å². The lowest BCUT2D eigenvalue weighted by Gasteiger charge is -2.37.